The molecule has 1 saturated carbocycles. The minimum atomic E-state index is 0.238. The molecule has 6 nitrogen and oxygen atoms in total. The molecule has 3 heterocycles. The lowest BCUT2D eigenvalue weighted by Crippen LogP contribution is -2.43. The molecule has 0 aromatic carbocycles. The Kier molecular flexibility index (Phi) is 3.71. The molecule has 0 bridgehead atoms. The van der Waals surface area contributed by atoms with Crippen LogP contribution >= 0.6 is 0 Å². The van der Waals surface area contributed by atoms with Gasteiger partial charge in [-0.25, -0.2) is 9.97 Å². The van der Waals surface area contributed by atoms with Gasteiger partial charge in [-0.1, -0.05) is 0 Å². The van der Waals surface area contributed by atoms with E-state index in [9.17, 15) is 4.79 Å². The van der Waals surface area contributed by atoms with Crippen molar-refractivity contribution in [3.05, 3.63) is 18.0 Å². The Morgan fingerprint density at radius 1 is 1.17 bits per heavy atom. The summed E-state index contributed by atoms with van der Waals surface area (Å²) in [5.41, 5.74) is 1.33. The molecule has 6 heteroatoms. The minimum Gasteiger partial charge on any atom is -0.378 e. The molecule has 1 aromatic rings. The SMILES string of the molecule is Cc1cnc(N2CCC3(CC2)CC3C(=O)N2CCOCC2)nc1. The highest BCUT2D eigenvalue weighted by Gasteiger charge is 2.59. The smallest absolute Gasteiger partial charge is 0.226 e. The summed E-state index contributed by atoms with van der Waals surface area (Å²) in [6, 6.07) is 0. The third kappa shape index (κ3) is 2.80. The summed E-state index contributed by atoms with van der Waals surface area (Å²) >= 11 is 0. The zero-order valence-electron chi connectivity index (χ0n) is 13.7. The summed E-state index contributed by atoms with van der Waals surface area (Å²) < 4.78 is 5.34. The van der Waals surface area contributed by atoms with Gasteiger partial charge in [-0.3, -0.25) is 4.79 Å². The molecule has 0 N–H and O–H groups in total. The molecule has 1 amide bonds. The van der Waals surface area contributed by atoms with Crippen molar-refractivity contribution in [3.63, 3.8) is 0 Å². The van der Waals surface area contributed by atoms with Crippen molar-refractivity contribution in [2.45, 2.75) is 26.2 Å². The van der Waals surface area contributed by atoms with Crippen LogP contribution in [0.4, 0.5) is 5.95 Å². The number of carbonyl (C=O) groups excluding carboxylic acids is 1. The first-order chi connectivity index (χ1) is 11.2. The summed E-state index contributed by atoms with van der Waals surface area (Å²) in [5.74, 6) is 1.41. The van der Waals surface area contributed by atoms with Crippen LogP contribution in [0.2, 0.25) is 0 Å². The average Bonchev–Trinajstić information content (AvgIpc) is 3.30. The zero-order chi connectivity index (χ0) is 15.9. The molecule has 3 aliphatic rings. The van der Waals surface area contributed by atoms with Gasteiger partial charge < -0.3 is 14.5 Å². The molecule has 1 spiro atoms. The fraction of sp³-hybridized carbons (Fsp3) is 0.706. The Morgan fingerprint density at radius 2 is 1.83 bits per heavy atom. The van der Waals surface area contributed by atoms with E-state index in [4.69, 9.17) is 4.74 Å². The lowest BCUT2D eigenvalue weighted by atomic mass is 9.90. The first kappa shape index (κ1) is 14.9. The first-order valence-electron chi connectivity index (χ1n) is 8.58. The number of anilines is 1. The van der Waals surface area contributed by atoms with Crippen LogP contribution in [0.15, 0.2) is 12.4 Å². The van der Waals surface area contributed by atoms with E-state index in [-0.39, 0.29) is 11.3 Å². The summed E-state index contributed by atoms with van der Waals surface area (Å²) in [7, 11) is 0. The summed E-state index contributed by atoms with van der Waals surface area (Å²) in [6.45, 7) is 6.80. The van der Waals surface area contributed by atoms with Gasteiger partial charge in [-0.15, -0.1) is 0 Å². The number of morpholine rings is 1. The molecule has 1 aliphatic carbocycles. The van der Waals surface area contributed by atoms with E-state index < -0.39 is 0 Å². The third-order valence-corrected chi connectivity index (χ3v) is 5.62. The number of amides is 1. The van der Waals surface area contributed by atoms with Crippen LogP contribution in [-0.4, -0.2) is 60.2 Å². The third-order valence-electron chi connectivity index (χ3n) is 5.62. The van der Waals surface area contributed by atoms with Crippen molar-refractivity contribution >= 4 is 11.9 Å². The second-order valence-corrected chi connectivity index (χ2v) is 7.10. The fourth-order valence-corrected chi connectivity index (χ4v) is 3.95. The van der Waals surface area contributed by atoms with E-state index in [0.717, 1.165) is 57.0 Å². The van der Waals surface area contributed by atoms with Gasteiger partial charge in [0.25, 0.3) is 0 Å². The predicted octanol–water partition coefficient (Wildman–Crippen LogP) is 1.25. The van der Waals surface area contributed by atoms with Gasteiger partial charge in [-0.05, 0) is 37.2 Å². The molecular formula is C17H24N4O2. The summed E-state index contributed by atoms with van der Waals surface area (Å²) in [6.07, 6.45) is 6.95. The molecule has 0 radical (unpaired) electrons. The van der Waals surface area contributed by atoms with Crippen molar-refractivity contribution in [3.8, 4) is 0 Å². The number of ether oxygens (including phenoxy) is 1. The lowest BCUT2D eigenvalue weighted by molar-refractivity contribution is -0.137. The van der Waals surface area contributed by atoms with Gasteiger partial charge in [0, 0.05) is 44.5 Å². The number of carbonyl (C=O) groups is 1. The number of hydrogen-bond donors (Lipinski definition) is 0. The average molecular weight is 316 g/mol. The van der Waals surface area contributed by atoms with E-state index in [1.807, 2.05) is 24.2 Å². The zero-order valence-corrected chi connectivity index (χ0v) is 13.7. The van der Waals surface area contributed by atoms with Gasteiger partial charge in [0.1, 0.15) is 0 Å². The maximum atomic E-state index is 12.7. The number of nitrogens with zero attached hydrogens (tertiary/aromatic N) is 4. The second kappa shape index (κ2) is 5.74. The highest BCUT2D eigenvalue weighted by Crippen LogP contribution is 2.60. The van der Waals surface area contributed by atoms with Crippen LogP contribution in [0.5, 0.6) is 0 Å². The molecule has 4 rings (SSSR count). The van der Waals surface area contributed by atoms with Crippen LogP contribution in [0.1, 0.15) is 24.8 Å². The maximum Gasteiger partial charge on any atom is 0.226 e. The lowest BCUT2D eigenvalue weighted by Gasteiger charge is -2.34. The van der Waals surface area contributed by atoms with Crippen LogP contribution in [0, 0.1) is 18.3 Å². The van der Waals surface area contributed by atoms with Crippen molar-refractivity contribution in [2.75, 3.05) is 44.3 Å². The molecule has 3 fully saturated rings. The molecule has 2 saturated heterocycles. The topological polar surface area (TPSA) is 58.6 Å². The number of rotatable bonds is 2. The number of piperidine rings is 1. The number of aromatic nitrogens is 2. The van der Waals surface area contributed by atoms with Gasteiger partial charge in [0.05, 0.1) is 13.2 Å². The van der Waals surface area contributed by atoms with Crippen LogP contribution < -0.4 is 4.90 Å². The van der Waals surface area contributed by atoms with E-state index in [1.54, 1.807) is 0 Å². The molecule has 23 heavy (non-hydrogen) atoms. The minimum absolute atomic E-state index is 0.238. The fourth-order valence-electron chi connectivity index (χ4n) is 3.95. The second-order valence-electron chi connectivity index (χ2n) is 7.10. The van der Waals surface area contributed by atoms with Gasteiger partial charge in [0.2, 0.25) is 11.9 Å². The van der Waals surface area contributed by atoms with E-state index >= 15 is 0 Å². The number of aryl methyl sites for hydroxylation is 1. The van der Waals surface area contributed by atoms with E-state index in [1.165, 1.54) is 0 Å². The normalized spacial score (nSPS) is 26.4. The van der Waals surface area contributed by atoms with Crippen LogP contribution in [0.25, 0.3) is 0 Å². The predicted molar refractivity (Wildman–Crippen MR) is 86.2 cm³/mol. The highest BCUT2D eigenvalue weighted by molar-refractivity contribution is 5.83. The van der Waals surface area contributed by atoms with Crippen molar-refractivity contribution < 1.29 is 9.53 Å². The number of hydrogen-bond acceptors (Lipinski definition) is 5. The quantitative estimate of drug-likeness (QED) is 0.822. The molecule has 1 unspecified atom stereocenters. The Bertz CT molecular complexity index is 575. The Labute approximate surface area is 136 Å². The molecule has 1 aromatic heterocycles. The summed E-state index contributed by atoms with van der Waals surface area (Å²) in [5, 5.41) is 0. The van der Waals surface area contributed by atoms with Crippen LogP contribution in [-0.2, 0) is 9.53 Å². The highest BCUT2D eigenvalue weighted by atomic mass is 16.5. The monoisotopic (exact) mass is 316 g/mol. The van der Waals surface area contributed by atoms with E-state index in [0.29, 0.717) is 19.1 Å². The standard InChI is InChI=1S/C17H24N4O2/c1-13-11-18-16(19-12-13)21-4-2-17(3-5-21)10-14(17)15(22)20-6-8-23-9-7-20/h11-12,14H,2-10H2,1H3. The van der Waals surface area contributed by atoms with Crippen molar-refractivity contribution in [1.82, 2.24) is 14.9 Å². The van der Waals surface area contributed by atoms with Gasteiger partial charge in [0.15, 0.2) is 0 Å². The Morgan fingerprint density at radius 3 is 2.48 bits per heavy atom. The maximum absolute atomic E-state index is 12.7. The molecular weight excluding hydrogens is 292 g/mol. The Balaban J connectivity index is 1.35. The molecule has 2 aliphatic heterocycles. The van der Waals surface area contributed by atoms with Crippen molar-refractivity contribution in [1.29, 1.82) is 0 Å². The van der Waals surface area contributed by atoms with Crippen molar-refractivity contribution in [2.24, 2.45) is 11.3 Å². The molecule has 124 valence electrons. The van der Waals surface area contributed by atoms with E-state index in [2.05, 4.69) is 14.9 Å². The summed E-state index contributed by atoms with van der Waals surface area (Å²) in [4.78, 5) is 25.7. The molecule has 1 atom stereocenters. The van der Waals surface area contributed by atoms with Gasteiger partial charge >= 0.3 is 0 Å². The first-order valence-corrected chi connectivity index (χ1v) is 8.58. The van der Waals surface area contributed by atoms with Crippen LogP contribution in [0.3, 0.4) is 0 Å². The Hall–Kier alpha value is -1.69. The largest absolute Gasteiger partial charge is 0.378 e. The van der Waals surface area contributed by atoms with Gasteiger partial charge in [-0.2, -0.15) is 0 Å².